The van der Waals surface area contributed by atoms with Crippen molar-refractivity contribution in [1.29, 1.82) is 0 Å². The van der Waals surface area contributed by atoms with Gasteiger partial charge in [-0.25, -0.2) is 0 Å². The molecule has 0 fully saturated rings. The third kappa shape index (κ3) is 5.76. The maximum absolute atomic E-state index is 3.35. The number of benzene rings is 1. The van der Waals surface area contributed by atoms with Crippen molar-refractivity contribution in [2.75, 3.05) is 18.0 Å². The van der Waals surface area contributed by atoms with Crippen molar-refractivity contribution in [3.05, 3.63) is 30.3 Å². The number of hydrogen-bond donors (Lipinski definition) is 0. The standard InChI is InChI=1S/C16H26N/c1-3-5-10-14-17(15-11-6-4-2)16-12-8-7-9-13-16/h7-9,12H,3-6,10-11,14-15H2,1-2H3. The van der Waals surface area contributed by atoms with Gasteiger partial charge in [-0.3, -0.25) is 0 Å². The molecule has 1 radical (unpaired) electrons. The fourth-order valence-corrected chi connectivity index (χ4v) is 2.04. The van der Waals surface area contributed by atoms with Crippen molar-refractivity contribution in [1.82, 2.24) is 0 Å². The van der Waals surface area contributed by atoms with Gasteiger partial charge >= 0.3 is 0 Å². The van der Waals surface area contributed by atoms with Crippen LogP contribution >= 0.6 is 0 Å². The largest absolute Gasteiger partial charge is 0.371 e. The molecular formula is C16H26N. The average molecular weight is 232 g/mol. The van der Waals surface area contributed by atoms with Gasteiger partial charge in [-0.2, -0.15) is 0 Å². The predicted octanol–water partition coefficient (Wildman–Crippen LogP) is 4.67. The summed E-state index contributed by atoms with van der Waals surface area (Å²) in [5, 5.41) is 0. The predicted molar refractivity (Wildman–Crippen MR) is 76.5 cm³/mol. The lowest BCUT2D eigenvalue weighted by atomic mass is 10.2. The van der Waals surface area contributed by atoms with Gasteiger partial charge in [0.2, 0.25) is 0 Å². The molecular weight excluding hydrogens is 206 g/mol. The molecule has 1 rings (SSSR count). The zero-order valence-corrected chi connectivity index (χ0v) is 11.4. The monoisotopic (exact) mass is 232 g/mol. The van der Waals surface area contributed by atoms with Crippen LogP contribution in [0.15, 0.2) is 24.3 Å². The second-order valence-corrected chi connectivity index (χ2v) is 4.65. The fraction of sp³-hybridized carbons (Fsp3) is 0.625. The summed E-state index contributed by atoms with van der Waals surface area (Å²) in [5.41, 5.74) is 1.26. The van der Waals surface area contributed by atoms with E-state index in [1.165, 1.54) is 57.3 Å². The molecule has 17 heavy (non-hydrogen) atoms. The molecule has 0 unspecified atom stereocenters. The summed E-state index contributed by atoms with van der Waals surface area (Å²) in [5.74, 6) is 0. The first-order valence-electron chi connectivity index (χ1n) is 7.10. The van der Waals surface area contributed by atoms with Crippen molar-refractivity contribution in [2.24, 2.45) is 0 Å². The second kappa shape index (κ2) is 9.09. The van der Waals surface area contributed by atoms with E-state index in [0.29, 0.717) is 0 Å². The van der Waals surface area contributed by atoms with E-state index in [4.69, 9.17) is 0 Å². The van der Waals surface area contributed by atoms with E-state index in [1.54, 1.807) is 0 Å². The van der Waals surface area contributed by atoms with Crippen molar-refractivity contribution in [3.8, 4) is 0 Å². The summed E-state index contributed by atoms with van der Waals surface area (Å²) in [4.78, 5) is 2.49. The maximum atomic E-state index is 3.35. The topological polar surface area (TPSA) is 3.24 Å². The molecule has 1 nitrogen and oxygen atoms in total. The van der Waals surface area contributed by atoms with Crippen LogP contribution < -0.4 is 4.90 Å². The summed E-state index contributed by atoms with van der Waals surface area (Å²) in [7, 11) is 0. The molecule has 0 amide bonds. The number of unbranched alkanes of at least 4 members (excludes halogenated alkanes) is 4. The van der Waals surface area contributed by atoms with Gasteiger partial charge in [-0.15, -0.1) is 0 Å². The van der Waals surface area contributed by atoms with E-state index in [2.05, 4.69) is 36.9 Å². The summed E-state index contributed by atoms with van der Waals surface area (Å²) in [6, 6.07) is 11.7. The molecule has 1 aromatic carbocycles. The van der Waals surface area contributed by atoms with Crippen LogP contribution in [-0.4, -0.2) is 13.1 Å². The van der Waals surface area contributed by atoms with Crippen LogP contribution in [0.1, 0.15) is 52.4 Å². The fourth-order valence-electron chi connectivity index (χ4n) is 2.04. The zero-order valence-electron chi connectivity index (χ0n) is 11.4. The van der Waals surface area contributed by atoms with Gasteiger partial charge in [0.05, 0.1) is 0 Å². The van der Waals surface area contributed by atoms with E-state index in [9.17, 15) is 0 Å². The summed E-state index contributed by atoms with van der Waals surface area (Å²) >= 11 is 0. The third-order valence-corrected chi connectivity index (χ3v) is 3.10. The van der Waals surface area contributed by atoms with Crippen LogP contribution in [0.5, 0.6) is 0 Å². The quantitative estimate of drug-likeness (QED) is 0.559. The first-order chi connectivity index (χ1) is 8.38. The summed E-state index contributed by atoms with van der Waals surface area (Å²) in [6.45, 7) is 6.88. The highest BCUT2D eigenvalue weighted by Crippen LogP contribution is 2.15. The average Bonchev–Trinajstić information content (AvgIpc) is 2.38. The zero-order chi connectivity index (χ0) is 12.3. The molecule has 95 valence electrons. The lowest BCUT2D eigenvalue weighted by molar-refractivity contribution is 0.636. The molecule has 0 aliphatic heterocycles. The molecule has 0 bridgehead atoms. The first-order valence-corrected chi connectivity index (χ1v) is 7.10. The van der Waals surface area contributed by atoms with Crippen molar-refractivity contribution >= 4 is 5.69 Å². The number of hydrogen-bond acceptors (Lipinski definition) is 1. The lowest BCUT2D eigenvalue weighted by Crippen LogP contribution is -2.25. The Bertz CT molecular complexity index is 258. The van der Waals surface area contributed by atoms with Crippen LogP contribution in [0.4, 0.5) is 5.69 Å². The highest BCUT2D eigenvalue weighted by Gasteiger charge is 2.05. The molecule has 0 aliphatic carbocycles. The number of nitrogens with zero attached hydrogens (tertiary/aromatic N) is 1. The molecule has 0 atom stereocenters. The summed E-state index contributed by atoms with van der Waals surface area (Å²) < 4.78 is 0. The van der Waals surface area contributed by atoms with E-state index in [0.717, 1.165) is 0 Å². The molecule has 0 spiro atoms. The Morgan fingerprint density at radius 2 is 1.59 bits per heavy atom. The van der Waals surface area contributed by atoms with Crippen LogP contribution in [0.25, 0.3) is 0 Å². The normalized spacial score (nSPS) is 10.5. The molecule has 1 heteroatoms. The van der Waals surface area contributed by atoms with Gasteiger partial charge in [0, 0.05) is 24.8 Å². The van der Waals surface area contributed by atoms with E-state index < -0.39 is 0 Å². The number of anilines is 1. The van der Waals surface area contributed by atoms with Crippen molar-refractivity contribution < 1.29 is 0 Å². The second-order valence-electron chi connectivity index (χ2n) is 4.65. The highest BCUT2D eigenvalue weighted by molar-refractivity contribution is 5.44. The van der Waals surface area contributed by atoms with Gasteiger partial charge in [0.25, 0.3) is 0 Å². The molecule has 0 aromatic heterocycles. The Balaban J connectivity index is 2.46. The van der Waals surface area contributed by atoms with Crippen LogP contribution in [0, 0.1) is 6.07 Å². The van der Waals surface area contributed by atoms with Gasteiger partial charge in [-0.05, 0) is 18.9 Å². The number of rotatable bonds is 9. The molecule has 1 aromatic rings. The Kier molecular flexibility index (Phi) is 7.53. The van der Waals surface area contributed by atoms with Gasteiger partial charge in [-0.1, -0.05) is 57.7 Å². The van der Waals surface area contributed by atoms with Crippen LogP contribution in [-0.2, 0) is 0 Å². The lowest BCUT2D eigenvalue weighted by Gasteiger charge is -2.24. The molecule has 0 saturated carbocycles. The Hall–Kier alpha value is -0.980. The molecule has 0 aliphatic rings. The van der Waals surface area contributed by atoms with E-state index >= 15 is 0 Å². The molecule has 0 N–H and O–H groups in total. The minimum absolute atomic E-state index is 1.18. The smallest absolute Gasteiger partial charge is 0.0446 e. The minimum Gasteiger partial charge on any atom is -0.371 e. The van der Waals surface area contributed by atoms with Crippen molar-refractivity contribution in [3.63, 3.8) is 0 Å². The Morgan fingerprint density at radius 3 is 2.06 bits per heavy atom. The van der Waals surface area contributed by atoms with E-state index in [-0.39, 0.29) is 0 Å². The molecule has 0 saturated heterocycles. The summed E-state index contributed by atoms with van der Waals surface area (Å²) in [6.07, 6.45) is 7.84. The minimum atomic E-state index is 1.18. The van der Waals surface area contributed by atoms with E-state index in [1.807, 2.05) is 12.1 Å². The first kappa shape index (κ1) is 14.1. The van der Waals surface area contributed by atoms with Gasteiger partial charge < -0.3 is 4.90 Å². The van der Waals surface area contributed by atoms with Crippen LogP contribution in [0.2, 0.25) is 0 Å². The highest BCUT2D eigenvalue weighted by atomic mass is 15.1. The Morgan fingerprint density at radius 1 is 0.941 bits per heavy atom. The number of para-hydroxylation sites is 1. The SMILES string of the molecule is CCCCCN(CCCCC)c1[c]cccc1. The van der Waals surface area contributed by atoms with Gasteiger partial charge in [0.15, 0.2) is 0 Å². The molecule has 0 heterocycles. The Labute approximate surface area is 107 Å². The van der Waals surface area contributed by atoms with Gasteiger partial charge in [0.1, 0.15) is 0 Å². The maximum Gasteiger partial charge on any atom is 0.0446 e. The van der Waals surface area contributed by atoms with Crippen molar-refractivity contribution in [2.45, 2.75) is 52.4 Å². The van der Waals surface area contributed by atoms with Crippen LogP contribution in [0.3, 0.4) is 0 Å². The third-order valence-electron chi connectivity index (χ3n) is 3.10.